The van der Waals surface area contributed by atoms with Gasteiger partial charge in [0.25, 0.3) is 0 Å². The van der Waals surface area contributed by atoms with Gasteiger partial charge in [0.05, 0.1) is 19.8 Å². The van der Waals surface area contributed by atoms with Gasteiger partial charge in [0.15, 0.2) is 18.9 Å². The summed E-state index contributed by atoms with van der Waals surface area (Å²) in [5, 5.41) is 103. The highest BCUT2D eigenvalue weighted by molar-refractivity contribution is 5.73. The molecule has 3 aliphatic heterocycles. The van der Waals surface area contributed by atoms with Gasteiger partial charge in [-0.2, -0.15) is 0 Å². The smallest absolute Gasteiger partial charge is 0.217 e. The van der Waals surface area contributed by atoms with Crippen LogP contribution >= 0.6 is 0 Å². The van der Waals surface area contributed by atoms with Crippen LogP contribution in [0.15, 0.2) is 0 Å². The van der Waals surface area contributed by atoms with E-state index in [1.165, 1.54) is 0 Å². The topological polar surface area (TPSA) is 278 Å². The number of rotatable bonds is 8. The first kappa shape index (κ1) is 30.4. The summed E-state index contributed by atoms with van der Waals surface area (Å²) in [5.41, 5.74) is 0. The zero-order valence-electron chi connectivity index (χ0n) is 19.7. The molecule has 216 valence electrons. The predicted molar refractivity (Wildman–Crippen MR) is 113 cm³/mol. The normalized spacial score (nSPS) is 49.0. The molecule has 3 rings (SSSR count). The fourth-order valence-electron chi connectivity index (χ4n) is 4.46. The molecule has 0 aliphatic carbocycles. The van der Waals surface area contributed by atoms with E-state index in [1.54, 1.807) is 0 Å². The number of amides is 1. The molecule has 1 unspecified atom stereocenters. The molecule has 0 saturated carbocycles. The van der Waals surface area contributed by atoms with E-state index >= 15 is 0 Å². The summed E-state index contributed by atoms with van der Waals surface area (Å²) in [6.45, 7) is -1.25. The molecule has 0 spiro atoms. The van der Waals surface area contributed by atoms with E-state index in [0.717, 1.165) is 6.92 Å². The third kappa shape index (κ3) is 6.38. The van der Waals surface area contributed by atoms with Crippen LogP contribution in [0.4, 0.5) is 0 Å². The number of nitrogens with one attached hydrogen (secondary N) is 1. The van der Waals surface area contributed by atoms with Gasteiger partial charge in [-0.1, -0.05) is 0 Å². The Kier molecular flexibility index (Phi) is 10.5. The van der Waals surface area contributed by atoms with Gasteiger partial charge < -0.3 is 80.1 Å². The molecule has 3 saturated heterocycles. The lowest BCUT2D eigenvalue weighted by molar-refractivity contribution is -0.373. The van der Waals surface area contributed by atoms with E-state index in [9.17, 15) is 55.9 Å². The van der Waals surface area contributed by atoms with E-state index < -0.39 is 118 Å². The minimum atomic E-state index is -1.91. The van der Waals surface area contributed by atoms with Crippen LogP contribution in [-0.2, 0) is 28.5 Å². The van der Waals surface area contributed by atoms with Crippen molar-refractivity contribution in [3.8, 4) is 0 Å². The zero-order valence-corrected chi connectivity index (χ0v) is 19.7. The molecule has 17 nitrogen and oxygen atoms in total. The largest absolute Gasteiger partial charge is 0.394 e. The van der Waals surface area contributed by atoms with Crippen LogP contribution in [0.1, 0.15) is 6.92 Å². The van der Waals surface area contributed by atoms with E-state index in [0.29, 0.717) is 0 Å². The highest BCUT2D eigenvalue weighted by Crippen LogP contribution is 2.32. The lowest BCUT2D eigenvalue weighted by Crippen LogP contribution is -2.68. The summed E-state index contributed by atoms with van der Waals surface area (Å²) < 4.78 is 27.0. The van der Waals surface area contributed by atoms with Gasteiger partial charge in [-0.3, -0.25) is 4.79 Å². The third-order valence-corrected chi connectivity index (χ3v) is 6.49. The van der Waals surface area contributed by atoms with Gasteiger partial charge in [-0.15, -0.1) is 0 Å². The van der Waals surface area contributed by atoms with Gasteiger partial charge in [0, 0.05) is 6.92 Å². The fourth-order valence-corrected chi connectivity index (χ4v) is 4.46. The van der Waals surface area contributed by atoms with Crippen molar-refractivity contribution in [3.05, 3.63) is 0 Å². The number of hydrogen-bond acceptors (Lipinski definition) is 16. The van der Waals surface area contributed by atoms with Crippen LogP contribution in [0.5, 0.6) is 0 Å². The van der Waals surface area contributed by atoms with Gasteiger partial charge in [-0.05, 0) is 0 Å². The van der Waals surface area contributed by atoms with Crippen LogP contribution in [0.2, 0.25) is 0 Å². The summed E-state index contributed by atoms with van der Waals surface area (Å²) in [7, 11) is 0. The van der Waals surface area contributed by atoms with E-state index in [4.69, 9.17) is 23.7 Å². The fraction of sp³-hybridized carbons (Fsp3) is 0.950. The first-order valence-electron chi connectivity index (χ1n) is 11.6. The molecule has 0 aromatic rings. The molecular weight excluding hydrogens is 510 g/mol. The van der Waals surface area contributed by atoms with Crippen LogP contribution in [-0.4, -0.2) is 169 Å². The highest BCUT2D eigenvalue weighted by Gasteiger charge is 2.53. The van der Waals surface area contributed by atoms with Crippen molar-refractivity contribution in [3.63, 3.8) is 0 Å². The second-order valence-corrected chi connectivity index (χ2v) is 9.07. The SMILES string of the molecule is CC(=O)N[C@H]1[C@@H](O[C@H]2[C@@H](O)[C@@H](CO)O[C@@H](O[C@H]3[C@H](O)[C@@H](O)C(O)O[C@@H]3CO)[C@@H]2O)O[C@H](CO)[C@H](O)[C@@H]1O. The molecule has 3 fully saturated rings. The average molecular weight is 545 g/mol. The predicted octanol–water partition coefficient (Wildman–Crippen LogP) is -7.43. The van der Waals surface area contributed by atoms with Crippen molar-refractivity contribution in [2.24, 2.45) is 0 Å². The summed E-state index contributed by atoms with van der Waals surface area (Å²) in [5.74, 6) is -0.652. The van der Waals surface area contributed by atoms with Gasteiger partial charge >= 0.3 is 0 Å². The minimum absolute atomic E-state index is 0.652. The maximum absolute atomic E-state index is 11.7. The maximum Gasteiger partial charge on any atom is 0.217 e. The van der Waals surface area contributed by atoms with Gasteiger partial charge in [0.1, 0.15) is 73.2 Å². The Morgan fingerprint density at radius 3 is 1.76 bits per heavy atom. The molecule has 0 radical (unpaired) electrons. The van der Waals surface area contributed by atoms with Crippen molar-refractivity contribution in [2.45, 2.75) is 99.0 Å². The molecule has 37 heavy (non-hydrogen) atoms. The number of carbonyl (C=O) groups is 1. The lowest BCUT2D eigenvalue weighted by atomic mass is 9.95. The van der Waals surface area contributed by atoms with Crippen LogP contribution in [0.25, 0.3) is 0 Å². The molecule has 0 aromatic carbocycles. The summed E-state index contributed by atoms with van der Waals surface area (Å²) in [4.78, 5) is 11.7. The molecule has 1 amide bonds. The first-order chi connectivity index (χ1) is 17.4. The zero-order chi connectivity index (χ0) is 27.6. The number of aliphatic hydroxyl groups excluding tert-OH is 10. The van der Waals surface area contributed by atoms with Crippen molar-refractivity contribution in [2.75, 3.05) is 19.8 Å². The summed E-state index contributed by atoms with van der Waals surface area (Å²) in [6, 6.07) is -1.42. The summed E-state index contributed by atoms with van der Waals surface area (Å²) in [6.07, 6.45) is -23.4. The second-order valence-electron chi connectivity index (χ2n) is 9.07. The standard InChI is InChI=1S/C20H35NO16/c1-5(25)21-9-12(28)10(26)6(2-22)34-19(9)37-17-11(27)7(3-23)35-20(15(17)31)36-16-8(4-24)33-18(32)14(30)13(16)29/h6-20,22-24,26-32H,2-4H2,1H3,(H,21,25)/t6-,7-,8-,9-,10+,11+,12-,13-,14-,15-,16-,17+,18?,19-,20+/m1/s1. The van der Waals surface area contributed by atoms with Crippen molar-refractivity contribution >= 4 is 5.91 Å². The quantitative estimate of drug-likeness (QED) is 0.135. The maximum atomic E-state index is 11.7. The second kappa shape index (κ2) is 12.8. The molecular formula is C20H35NO16. The Hall–Kier alpha value is -1.13. The highest BCUT2D eigenvalue weighted by atomic mass is 16.7. The number of carbonyl (C=O) groups excluding carboxylic acids is 1. The van der Waals surface area contributed by atoms with Crippen LogP contribution in [0, 0.1) is 0 Å². The number of ether oxygens (including phenoxy) is 5. The molecule has 15 atom stereocenters. The Balaban J connectivity index is 1.83. The molecule has 17 heteroatoms. The van der Waals surface area contributed by atoms with E-state index in [1.807, 2.05) is 0 Å². The average Bonchev–Trinajstić information content (AvgIpc) is 2.86. The van der Waals surface area contributed by atoms with Gasteiger partial charge in [-0.25, -0.2) is 0 Å². The Morgan fingerprint density at radius 2 is 1.19 bits per heavy atom. The van der Waals surface area contributed by atoms with Crippen LogP contribution in [0.3, 0.4) is 0 Å². The number of aliphatic hydroxyl groups is 10. The van der Waals surface area contributed by atoms with Crippen molar-refractivity contribution < 1.29 is 79.5 Å². The van der Waals surface area contributed by atoms with E-state index in [-0.39, 0.29) is 0 Å². The Bertz CT molecular complexity index is 745. The van der Waals surface area contributed by atoms with E-state index in [2.05, 4.69) is 5.32 Å². The van der Waals surface area contributed by atoms with Crippen LogP contribution < -0.4 is 5.32 Å². The number of hydrogen-bond donors (Lipinski definition) is 11. The molecule has 3 aliphatic rings. The monoisotopic (exact) mass is 545 g/mol. The molecule has 11 N–H and O–H groups in total. The lowest BCUT2D eigenvalue weighted by Gasteiger charge is -2.48. The van der Waals surface area contributed by atoms with Crippen molar-refractivity contribution in [1.29, 1.82) is 0 Å². The molecule has 0 bridgehead atoms. The minimum Gasteiger partial charge on any atom is -0.394 e. The first-order valence-corrected chi connectivity index (χ1v) is 11.6. The molecule has 0 aromatic heterocycles. The summed E-state index contributed by atoms with van der Waals surface area (Å²) >= 11 is 0. The van der Waals surface area contributed by atoms with Crippen molar-refractivity contribution in [1.82, 2.24) is 5.32 Å². The molecule has 3 heterocycles. The van der Waals surface area contributed by atoms with Gasteiger partial charge in [0.2, 0.25) is 5.91 Å². The third-order valence-electron chi connectivity index (χ3n) is 6.49. The Morgan fingerprint density at radius 1 is 0.649 bits per heavy atom. The Labute approximate surface area is 210 Å².